The van der Waals surface area contributed by atoms with Gasteiger partial charge in [-0.05, 0) is 58.2 Å². The number of hydrogen-bond acceptors (Lipinski definition) is 3. The number of carbonyl (C=O) groups excluding carboxylic acids is 1. The van der Waals surface area contributed by atoms with E-state index in [1.165, 1.54) is 0 Å². The van der Waals surface area contributed by atoms with Gasteiger partial charge in [0.2, 0.25) is 0 Å². The molecule has 0 spiro atoms. The van der Waals surface area contributed by atoms with E-state index in [1.807, 2.05) is 32.9 Å². The van der Waals surface area contributed by atoms with E-state index in [-0.39, 0.29) is 12.1 Å². The number of rotatable bonds is 4. The molecule has 0 fully saturated rings. The van der Waals surface area contributed by atoms with Crippen LogP contribution in [0.15, 0.2) is 24.3 Å². The molecule has 0 bridgehead atoms. The molecule has 0 heterocycles. The first-order valence-electron chi connectivity index (χ1n) is 6.28. The maximum absolute atomic E-state index is 11.7. The lowest BCUT2D eigenvalue weighted by Crippen LogP contribution is -2.25. The molecule has 1 aromatic rings. The fourth-order valence-electron chi connectivity index (χ4n) is 1.36. The van der Waals surface area contributed by atoms with Crippen LogP contribution in [0, 0.1) is 5.41 Å². The number of carbonyl (C=O) groups is 1. The van der Waals surface area contributed by atoms with E-state index < -0.39 is 5.41 Å². The lowest BCUT2D eigenvalue weighted by Gasteiger charge is -2.16. The molecular weight excluding hydrogens is 228 g/mol. The maximum Gasteiger partial charge on any atom is 0.316 e. The van der Waals surface area contributed by atoms with Gasteiger partial charge in [-0.3, -0.25) is 4.79 Å². The minimum Gasteiger partial charge on any atom is -0.426 e. The van der Waals surface area contributed by atoms with Gasteiger partial charge in [0.1, 0.15) is 5.75 Å². The van der Waals surface area contributed by atoms with Crippen molar-refractivity contribution in [2.24, 2.45) is 5.41 Å². The summed E-state index contributed by atoms with van der Waals surface area (Å²) in [7, 11) is 0. The molecule has 0 saturated heterocycles. The van der Waals surface area contributed by atoms with Gasteiger partial charge in [0, 0.05) is 0 Å². The van der Waals surface area contributed by atoms with Crippen molar-refractivity contribution in [3.8, 4) is 5.75 Å². The number of benzene rings is 1. The number of aryl methyl sites for hydroxylation is 1. The first-order chi connectivity index (χ1) is 8.29. The van der Waals surface area contributed by atoms with Crippen LogP contribution in [0.2, 0.25) is 0 Å². The summed E-state index contributed by atoms with van der Waals surface area (Å²) in [6.45, 7) is 7.25. The highest BCUT2D eigenvalue weighted by atomic mass is 16.5. The Morgan fingerprint density at radius 2 is 1.83 bits per heavy atom. The summed E-state index contributed by atoms with van der Waals surface area (Å²) in [5.41, 5.74) is 0.636. The molecule has 0 aliphatic carbocycles. The van der Waals surface area contributed by atoms with Gasteiger partial charge in [-0.25, -0.2) is 0 Å². The molecule has 18 heavy (non-hydrogen) atoms. The third-order valence-electron chi connectivity index (χ3n) is 2.60. The van der Waals surface area contributed by atoms with Crippen LogP contribution < -0.4 is 4.74 Å². The summed E-state index contributed by atoms with van der Waals surface area (Å²) in [5.74, 6) is 0.329. The number of aliphatic hydroxyl groups excluding tert-OH is 1. The second kappa shape index (κ2) is 6.01. The van der Waals surface area contributed by atoms with Crippen molar-refractivity contribution >= 4 is 5.97 Å². The van der Waals surface area contributed by atoms with Crippen molar-refractivity contribution in [2.75, 3.05) is 0 Å². The molecule has 100 valence electrons. The Balaban J connectivity index is 2.58. The summed E-state index contributed by atoms with van der Waals surface area (Å²) in [4.78, 5) is 11.7. The van der Waals surface area contributed by atoms with E-state index in [0.29, 0.717) is 5.75 Å². The Labute approximate surface area is 109 Å². The van der Waals surface area contributed by atoms with Gasteiger partial charge in [0.05, 0.1) is 11.5 Å². The van der Waals surface area contributed by atoms with E-state index in [9.17, 15) is 9.90 Å². The molecule has 0 saturated carbocycles. The third kappa shape index (κ3) is 4.88. The van der Waals surface area contributed by atoms with Gasteiger partial charge in [-0.15, -0.1) is 0 Å². The molecule has 3 nitrogen and oxygen atoms in total. The predicted octanol–water partition coefficient (Wildman–Crippen LogP) is 2.95. The zero-order valence-electron chi connectivity index (χ0n) is 11.6. The average Bonchev–Trinajstić information content (AvgIpc) is 2.26. The Kier molecular flexibility index (Phi) is 4.91. The SMILES string of the molecule is C[C@@H](O)CCc1ccc(OC(=O)C(C)(C)C)cc1. The van der Waals surface area contributed by atoms with E-state index in [4.69, 9.17) is 4.74 Å². The molecule has 0 aliphatic rings. The zero-order chi connectivity index (χ0) is 13.8. The minimum atomic E-state index is -0.495. The van der Waals surface area contributed by atoms with Gasteiger partial charge in [0.25, 0.3) is 0 Å². The Morgan fingerprint density at radius 3 is 2.28 bits per heavy atom. The number of esters is 1. The molecule has 3 heteroatoms. The average molecular weight is 250 g/mol. The van der Waals surface area contributed by atoms with Crippen molar-refractivity contribution in [1.82, 2.24) is 0 Å². The van der Waals surface area contributed by atoms with Crippen LogP contribution >= 0.6 is 0 Å². The normalized spacial score (nSPS) is 13.2. The van der Waals surface area contributed by atoms with Crippen molar-refractivity contribution < 1.29 is 14.6 Å². The van der Waals surface area contributed by atoms with Gasteiger partial charge < -0.3 is 9.84 Å². The molecule has 0 radical (unpaired) electrons. The zero-order valence-corrected chi connectivity index (χ0v) is 11.6. The molecule has 1 rings (SSSR count). The predicted molar refractivity (Wildman–Crippen MR) is 71.5 cm³/mol. The number of ether oxygens (including phenoxy) is 1. The van der Waals surface area contributed by atoms with Gasteiger partial charge in [0.15, 0.2) is 0 Å². The van der Waals surface area contributed by atoms with Crippen LogP contribution in [0.1, 0.15) is 39.7 Å². The topological polar surface area (TPSA) is 46.5 Å². The van der Waals surface area contributed by atoms with Crippen LogP contribution in [0.3, 0.4) is 0 Å². The van der Waals surface area contributed by atoms with Crippen LogP contribution in [-0.2, 0) is 11.2 Å². The minimum absolute atomic E-state index is 0.237. The van der Waals surface area contributed by atoms with Crippen LogP contribution in [0.5, 0.6) is 5.75 Å². The standard InChI is InChI=1S/C15H22O3/c1-11(16)5-6-12-7-9-13(10-8-12)18-14(17)15(2,3)4/h7-11,16H,5-6H2,1-4H3/t11-/m1/s1. The summed E-state index contributed by atoms with van der Waals surface area (Å²) >= 11 is 0. The molecule has 0 aliphatic heterocycles. The van der Waals surface area contributed by atoms with Crippen LogP contribution in [0.4, 0.5) is 0 Å². The van der Waals surface area contributed by atoms with E-state index in [2.05, 4.69) is 0 Å². The molecule has 1 N–H and O–H groups in total. The fraction of sp³-hybridized carbons (Fsp3) is 0.533. The fourth-order valence-corrected chi connectivity index (χ4v) is 1.36. The van der Waals surface area contributed by atoms with E-state index in [0.717, 1.165) is 18.4 Å². The van der Waals surface area contributed by atoms with Crippen molar-refractivity contribution in [3.63, 3.8) is 0 Å². The van der Waals surface area contributed by atoms with Gasteiger partial charge in [-0.2, -0.15) is 0 Å². The Hall–Kier alpha value is -1.35. The lowest BCUT2D eigenvalue weighted by molar-refractivity contribution is -0.142. The maximum atomic E-state index is 11.7. The van der Waals surface area contributed by atoms with Gasteiger partial charge in [-0.1, -0.05) is 12.1 Å². The molecule has 0 aromatic heterocycles. The molecule has 0 unspecified atom stereocenters. The summed E-state index contributed by atoms with van der Waals surface area (Å²) in [6, 6.07) is 7.43. The summed E-state index contributed by atoms with van der Waals surface area (Å²) < 4.78 is 5.27. The van der Waals surface area contributed by atoms with Gasteiger partial charge >= 0.3 is 5.97 Å². The Morgan fingerprint density at radius 1 is 1.28 bits per heavy atom. The highest BCUT2D eigenvalue weighted by Gasteiger charge is 2.23. The van der Waals surface area contributed by atoms with Crippen molar-refractivity contribution in [3.05, 3.63) is 29.8 Å². The highest BCUT2D eigenvalue weighted by Crippen LogP contribution is 2.20. The number of hydrogen-bond donors (Lipinski definition) is 1. The highest BCUT2D eigenvalue weighted by molar-refractivity contribution is 5.77. The van der Waals surface area contributed by atoms with Crippen LogP contribution in [-0.4, -0.2) is 17.2 Å². The molecule has 1 aromatic carbocycles. The van der Waals surface area contributed by atoms with Crippen molar-refractivity contribution in [1.29, 1.82) is 0 Å². The second-order valence-corrected chi connectivity index (χ2v) is 5.67. The summed E-state index contributed by atoms with van der Waals surface area (Å²) in [6.07, 6.45) is 1.27. The van der Waals surface area contributed by atoms with E-state index in [1.54, 1.807) is 19.1 Å². The largest absolute Gasteiger partial charge is 0.426 e. The van der Waals surface area contributed by atoms with E-state index >= 15 is 0 Å². The monoisotopic (exact) mass is 250 g/mol. The molecular formula is C15H22O3. The second-order valence-electron chi connectivity index (χ2n) is 5.67. The molecule has 1 atom stereocenters. The summed E-state index contributed by atoms with van der Waals surface area (Å²) in [5, 5.41) is 9.21. The first-order valence-corrected chi connectivity index (χ1v) is 6.28. The molecule has 0 amide bonds. The quantitative estimate of drug-likeness (QED) is 0.660. The third-order valence-corrected chi connectivity index (χ3v) is 2.60. The van der Waals surface area contributed by atoms with Crippen LogP contribution in [0.25, 0.3) is 0 Å². The Bertz CT molecular complexity index is 385. The number of aliphatic hydroxyl groups is 1. The first kappa shape index (κ1) is 14.7. The smallest absolute Gasteiger partial charge is 0.316 e. The lowest BCUT2D eigenvalue weighted by atomic mass is 9.97. The van der Waals surface area contributed by atoms with Crippen molar-refractivity contribution in [2.45, 2.75) is 46.6 Å².